The summed E-state index contributed by atoms with van der Waals surface area (Å²) < 4.78 is 18.7. The molecule has 4 aromatic rings. The second-order valence-corrected chi connectivity index (χ2v) is 9.80. The smallest absolute Gasteiger partial charge is 0.420 e. The number of nitrogens with zero attached hydrogens (tertiary/aromatic N) is 3. The summed E-state index contributed by atoms with van der Waals surface area (Å²) in [4.78, 5) is 22.8. The van der Waals surface area contributed by atoms with Crippen LogP contribution in [0.25, 0.3) is 27.6 Å². The molecule has 0 bridgehead atoms. The van der Waals surface area contributed by atoms with Crippen molar-refractivity contribution in [2.45, 2.75) is 45.9 Å². The quantitative estimate of drug-likeness (QED) is 0.405. The van der Waals surface area contributed by atoms with Gasteiger partial charge in [-0.25, -0.2) is 9.78 Å². The maximum absolute atomic E-state index is 13.3. The van der Waals surface area contributed by atoms with E-state index < -0.39 is 11.8 Å². The number of fused-ring (bicyclic) bond motifs is 4. The van der Waals surface area contributed by atoms with Crippen LogP contribution in [-0.4, -0.2) is 40.6 Å². The van der Waals surface area contributed by atoms with E-state index in [1.165, 1.54) is 5.57 Å². The van der Waals surface area contributed by atoms with E-state index in [2.05, 4.69) is 6.92 Å². The molecule has 0 amide bonds. The van der Waals surface area contributed by atoms with Gasteiger partial charge in [0.1, 0.15) is 22.7 Å². The van der Waals surface area contributed by atoms with Crippen LogP contribution in [0, 0.1) is 5.92 Å². The summed E-state index contributed by atoms with van der Waals surface area (Å²) in [7, 11) is 3.25. The van der Waals surface area contributed by atoms with Gasteiger partial charge in [-0.3, -0.25) is 9.56 Å². The molecule has 0 spiro atoms. The predicted octanol–water partition coefficient (Wildman–Crippen LogP) is 4.90. The molecule has 2 aromatic heterocycles. The van der Waals surface area contributed by atoms with E-state index in [9.17, 15) is 9.90 Å². The van der Waals surface area contributed by atoms with Gasteiger partial charge in [0.25, 0.3) is 0 Å². The normalized spacial score (nSPS) is 19.7. The van der Waals surface area contributed by atoms with Gasteiger partial charge in [-0.15, -0.1) is 0 Å². The number of hydrogen-bond acceptors (Lipinski definition) is 7. The average molecular weight is 500 g/mol. The van der Waals surface area contributed by atoms with Gasteiger partial charge in [0, 0.05) is 33.7 Å². The third kappa shape index (κ3) is 3.50. The molecule has 0 radical (unpaired) electrons. The zero-order chi connectivity index (χ0) is 26.0. The SMILES string of the molecule is COc1cc2c(cc1C1=C(C)C3CC3N=C1C)nc(CO)c1oc(=O)n([C@H](C)c3ccccc3OC)c12. The molecular formula is C29H29N3O5. The van der Waals surface area contributed by atoms with Gasteiger partial charge >= 0.3 is 5.76 Å². The molecule has 3 atom stereocenters. The van der Waals surface area contributed by atoms with Gasteiger partial charge in [0.2, 0.25) is 0 Å². The van der Waals surface area contributed by atoms with Crippen molar-refractivity contribution in [3.05, 3.63) is 69.3 Å². The van der Waals surface area contributed by atoms with Crippen LogP contribution in [0.4, 0.5) is 0 Å². The number of dihydropyridines is 1. The van der Waals surface area contributed by atoms with Crippen molar-refractivity contribution < 1.29 is 19.0 Å². The van der Waals surface area contributed by atoms with Crippen LogP contribution < -0.4 is 15.2 Å². The molecule has 1 fully saturated rings. The number of aliphatic hydroxyl groups is 1. The molecule has 8 nitrogen and oxygen atoms in total. The fourth-order valence-electron chi connectivity index (χ4n) is 5.83. The number of aliphatic hydroxyl groups excluding tert-OH is 1. The minimum Gasteiger partial charge on any atom is -0.496 e. The Morgan fingerprint density at radius 2 is 1.92 bits per heavy atom. The predicted molar refractivity (Wildman–Crippen MR) is 143 cm³/mol. The van der Waals surface area contributed by atoms with Crippen molar-refractivity contribution in [3.63, 3.8) is 0 Å². The number of allylic oxidation sites excluding steroid dienone is 1. The van der Waals surface area contributed by atoms with Crippen LogP contribution in [0.3, 0.4) is 0 Å². The van der Waals surface area contributed by atoms with E-state index >= 15 is 0 Å². The number of pyridine rings is 1. The van der Waals surface area contributed by atoms with Crippen LogP contribution >= 0.6 is 0 Å². The summed E-state index contributed by atoms with van der Waals surface area (Å²) in [6, 6.07) is 11.5. The van der Waals surface area contributed by atoms with Crippen LogP contribution in [0.2, 0.25) is 0 Å². The number of aromatic nitrogens is 2. The zero-order valence-electron chi connectivity index (χ0n) is 21.5. The molecule has 37 heavy (non-hydrogen) atoms. The fourth-order valence-corrected chi connectivity index (χ4v) is 5.83. The molecule has 8 heteroatoms. The Labute approximate surface area is 213 Å². The van der Waals surface area contributed by atoms with E-state index in [1.54, 1.807) is 18.8 Å². The van der Waals surface area contributed by atoms with Gasteiger partial charge in [-0.05, 0) is 45.4 Å². The Hall–Kier alpha value is -3.91. The second-order valence-electron chi connectivity index (χ2n) is 9.80. The highest BCUT2D eigenvalue weighted by Crippen LogP contribution is 2.48. The summed E-state index contributed by atoms with van der Waals surface area (Å²) in [5.41, 5.74) is 6.90. The Bertz CT molecular complexity index is 1690. The average Bonchev–Trinajstić information content (AvgIpc) is 3.60. The lowest BCUT2D eigenvalue weighted by atomic mass is 9.91. The number of benzene rings is 2. The second kappa shape index (κ2) is 8.59. The van der Waals surface area contributed by atoms with Crippen molar-refractivity contribution in [2.24, 2.45) is 10.9 Å². The largest absolute Gasteiger partial charge is 0.496 e. The van der Waals surface area contributed by atoms with Crippen molar-refractivity contribution in [2.75, 3.05) is 14.2 Å². The Balaban J connectivity index is 1.65. The highest BCUT2D eigenvalue weighted by atomic mass is 16.5. The molecular weight excluding hydrogens is 470 g/mol. The Morgan fingerprint density at radius 1 is 1.16 bits per heavy atom. The topological polar surface area (TPSA) is 99.1 Å². The third-order valence-corrected chi connectivity index (χ3v) is 7.76. The lowest BCUT2D eigenvalue weighted by molar-refractivity contribution is 0.277. The van der Waals surface area contributed by atoms with Crippen LogP contribution in [-0.2, 0) is 6.61 Å². The minimum atomic E-state index is -0.533. The molecule has 190 valence electrons. The zero-order valence-corrected chi connectivity index (χ0v) is 21.5. The molecule has 2 aromatic carbocycles. The summed E-state index contributed by atoms with van der Waals surface area (Å²) in [6.07, 6.45) is 1.08. The maximum Gasteiger partial charge on any atom is 0.420 e. The molecule has 2 aliphatic rings. The molecule has 3 heterocycles. The molecule has 2 unspecified atom stereocenters. The Morgan fingerprint density at radius 3 is 2.65 bits per heavy atom. The maximum atomic E-state index is 13.3. The van der Waals surface area contributed by atoms with Gasteiger partial charge in [0.05, 0.1) is 38.4 Å². The summed E-state index contributed by atoms with van der Waals surface area (Å²) in [5.74, 6) is 1.28. The molecule has 1 aliphatic carbocycles. The van der Waals surface area contributed by atoms with Crippen LogP contribution in [0.15, 0.2) is 56.2 Å². The van der Waals surface area contributed by atoms with E-state index in [-0.39, 0.29) is 12.2 Å². The first kappa shape index (κ1) is 23.5. The lowest BCUT2D eigenvalue weighted by Crippen LogP contribution is -2.20. The first-order valence-corrected chi connectivity index (χ1v) is 12.4. The first-order chi connectivity index (χ1) is 17.9. The van der Waals surface area contributed by atoms with Gasteiger partial charge in [-0.2, -0.15) is 0 Å². The summed E-state index contributed by atoms with van der Waals surface area (Å²) in [6.45, 7) is 5.76. The first-order valence-electron chi connectivity index (χ1n) is 12.4. The van der Waals surface area contributed by atoms with E-state index in [4.69, 9.17) is 23.9 Å². The summed E-state index contributed by atoms with van der Waals surface area (Å²) in [5, 5.41) is 10.9. The van der Waals surface area contributed by atoms with E-state index in [0.29, 0.717) is 45.6 Å². The van der Waals surface area contributed by atoms with Crippen LogP contribution in [0.1, 0.15) is 50.1 Å². The van der Waals surface area contributed by atoms with Crippen molar-refractivity contribution in [1.82, 2.24) is 9.55 Å². The number of aliphatic imine (C=N–C) groups is 1. The number of methoxy groups -OCH3 is 2. The highest BCUT2D eigenvalue weighted by molar-refractivity contribution is 6.26. The number of ether oxygens (including phenoxy) is 2. The molecule has 1 saturated carbocycles. The van der Waals surface area contributed by atoms with Gasteiger partial charge < -0.3 is 19.0 Å². The fraction of sp³-hybridized carbons (Fsp3) is 0.345. The number of hydrogen-bond donors (Lipinski definition) is 1. The van der Waals surface area contributed by atoms with Crippen molar-refractivity contribution in [1.29, 1.82) is 0 Å². The molecule has 1 aliphatic heterocycles. The van der Waals surface area contributed by atoms with E-state index in [0.717, 1.165) is 28.8 Å². The number of para-hydroxylation sites is 1. The molecule has 1 N–H and O–H groups in total. The molecule has 0 saturated heterocycles. The monoisotopic (exact) mass is 499 g/mol. The number of oxazole rings is 1. The van der Waals surface area contributed by atoms with E-state index in [1.807, 2.05) is 50.2 Å². The van der Waals surface area contributed by atoms with Crippen molar-refractivity contribution >= 4 is 33.3 Å². The summed E-state index contributed by atoms with van der Waals surface area (Å²) >= 11 is 0. The third-order valence-electron chi connectivity index (χ3n) is 7.76. The minimum absolute atomic E-state index is 0.267. The van der Waals surface area contributed by atoms with Gasteiger partial charge in [-0.1, -0.05) is 23.8 Å². The lowest BCUT2D eigenvalue weighted by Gasteiger charge is -2.20. The van der Waals surface area contributed by atoms with Crippen molar-refractivity contribution in [3.8, 4) is 11.5 Å². The highest BCUT2D eigenvalue weighted by Gasteiger charge is 2.43. The number of rotatable bonds is 6. The van der Waals surface area contributed by atoms with Gasteiger partial charge in [0.15, 0.2) is 5.58 Å². The molecule has 6 rings (SSSR count). The Kier molecular flexibility index (Phi) is 5.45. The van der Waals surface area contributed by atoms with Crippen LogP contribution in [0.5, 0.6) is 11.5 Å². The standard InChI is InChI=1S/C29H29N3O5/c1-14-18-10-21(18)30-15(2)26(14)20-11-22-19(12-25(20)36-5)27-28(23(13-33)31-22)37-29(34)32(27)16(3)17-8-6-7-9-24(17)35-4/h6-9,11-12,16,18,21,33H,10,13H2,1-5H3/t16-,18?,21?/m1/s1.